The summed E-state index contributed by atoms with van der Waals surface area (Å²) in [5, 5.41) is 8.58. The predicted molar refractivity (Wildman–Crippen MR) is 106 cm³/mol. The van der Waals surface area contributed by atoms with E-state index in [-0.39, 0.29) is 6.04 Å². The zero-order valence-electron chi connectivity index (χ0n) is 16.0. The Morgan fingerprint density at radius 2 is 2.04 bits per heavy atom. The summed E-state index contributed by atoms with van der Waals surface area (Å²) < 4.78 is 11.1. The first-order chi connectivity index (χ1) is 13.6. The van der Waals surface area contributed by atoms with Crippen LogP contribution in [0.5, 0.6) is 5.75 Å². The number of amidine groups is 1. The van der Waals surface area contributed by atoms with Crippen LogP contribution in [-0.4, -0.2) is 33.1 Å². The lowest BCUT2D eigenvalue weighted by molar-refractivity contribution is 0.393. The highest BCUT2D eigenvalue weighted by Gasteiger charge is 2.28. The average molecular weight is 376 g/mol. The summed E-state index contributed by atoms with van der Waals surface area (Å²) in [6, 6.07) is 4.06. The molecule has 1 aliphatic heterocycles. The second-order valence-corrected chi connectivity index (χ2v) is 6.97. The first-order valence-corrected chi connectivity index (χ1v) is 9.03. The van der Waals surface area contributed by atoms with Crippen LogP contribution >= 0.6 is 0 Å². The molecule has 0 saturated carbocycles. The van der Waals surface area contributed by atoms with Crippen molar-refractivity contribution in [3.05, 3.63) is 47.4 Å². The van der Waals surface area contributed by atoms with Crippen molar-refractivity contribution < 1.29 is 9.26 Å². The average Bonchev–Trinajstić information content (AvgIpc) is 3.39. The molecule has 4 aromatic rings. The molecule has 5 rings (SSSR count). The molecule has 0 bridgehead atoms. The van der Waals surface area contributed by atoms with Gasteiger partial charge in [-0.05, 0) is 32.9 Å². The van der Waals surface area contributed by atoms with Gasteiger partial charge in [-0.1, -0.05) is 5.16 Å². The largest absolute Gasteiger partial charge is 0.496 e. The van der Waals surface area contributed by atoms with Gasteiger partial charge in [0.05, 0.1) is 42.6 Å². The Morgan fingerprint density at radius 1 is 1.18 bits per heavy atom. The van der Waals surface area contributed by atoms with Crippen LogP contribution in [0.4, 0.5) is 5.82 Å². The third kappa shape index (κ3) is 2.34. The van der Waals surface area contributed by atoms with Crippen molar-refractivity contribution in [1.29, 1.82) is 0 Å². The van der Waals surface area contributed by atoms with E-state index >= 15 is 0 Å². The second-order valence-electron chi connectivity index (χ2n) is 6.97. The maximum atomic E-state index is 5.74. The quantitative estimate of drug-likeness (QED) is 0.503. The molecule has 1 aromatic carbocycles. The highest BCUT2D eigenvalue weighted by Crippen LogP contribution is 2.43. The van der Waals surface area contributed by atoms with Gasteiger partial charge >= 0.3 is 0 Å². The van der Waals surface area contributed by atoms with Crippen molar-refractivity contribution in [2.75, 3.05) is 7.11 Å². The number of aromatic nitrogens is 4. The van der Waals surface area contributed by atoms with Crippen molar-refractivity contribution in [1.82, 2.24) is 25.4 Å². The highest BCUT2D eigenvalue weighted by atomic mass is 16.5. The number of rotatable bonds is 3. The molecule has 0 fully saturated rings. The standard InChI is InChI=1S/C20H20N6O2/c1-9-17(10(2)28-26-9)13-5-14-12(6-16(13)27-4)18-19(15-7-21-8-22-15)23-11(3)24-20(18)25-14/h5-8,19,25H,1-4H3,(H,21,22)(H,23,24). The van der Waals surface area contributed by atoms with E-state index in [1.54, 1.807) is 13.4 Å². The van der Waals surface area contributed by atoms with E-state index in [9.17, 15) is 0 Å². The van der Waals surface area contributed by atoms with Crippen LogP contribution in [0.25, 0.3) is 22.0 Å². The number of ether oxygens (including phenoxy) is 1. The molecule has 8 heteroatoms. The van der Waals surface area contributed by atoms with E-state index in [1.165, 1.54) is 0 Å². The zero-order valence-corrected chi connectivity index (χ0v) is 16.0. The number of aliphatic imine (C=N–C) groups is 1. The van der Waals surface area contributed by atoms with E-state index in [0.717, 1.165) is 62.1 Å². The molecule has 8 nitrogen and oxygen atoms in total. The third-order valence-electron chi connectivity index (χ3n) is 5.19. The van der Waals surface area contributed by atoms with Crippen LogP contribution in [0.15, 0.2) is 34.2 Å². The van der Waals surface area contributed by atoms with Gasteiger partial charge in [0, 0.05) is 22.0 Å². The van der Waals surface area contributed by atoms with E-state index in [1.807, 2.05) is 33.0 Å². The van der Waals surface area contributed by atoms with Crippen molar-refractivity contribution in [2.24, 2.45) is 4.99 Å². The molecule has 0 amide bonds. The van der Waals surface area contributed by atoms with Gasteiger partial charge in [-0.2, -0.15) is 0 Å². The van der Waals surface area contributed by atoms with Crippen molar-refractivity contribution in [3.8, 4) is 16.9 Å². The summed E-state index contributed by atoms with van der Waals surface area (Å²) in [7, 11) is 1.68. The van der Waals surface area contributed by atoms with Crippen LogP contribution in [0.3, 0.4) is 0 Å². The lowest BCUT2D eigenvalue weighted by Gasteiger charge is -2.23. The number of hydrogen-bond acceptors (Lipinski definition) is 6. The number of methoxy groups -OCH3 is 1. The molecule has 0 saturated heterocycles. The number of fused-ring (bicyclic) bond motifs is 3. The minimum Gasteiger partial charge on any atom is -0.496 e. The van der Waals surface area contributed by atoms with Gasteiger partial charge in [0.25, 0.3) is 0 Å². The summed E-state index contributed by atoms with van der Waals surface area (Å²) in [4.78, 5) is 15.5. The van der Waals surface area contributed by atoms with E-state index in [2.05, 4.69) is 36.5 Å². The number of imidazole rings is 1. The molecule has 3 N–H and O–H groups in total. The van der Waals surface area contributed by atoms with Gasteiger partial charge in [0.2, 0.25) is 0 Å². The van der Waals surface area contributed by atoms with Crippen molar-refractivity contribution in [2.45, 2.75) is 26.8 Å². The molecule has 1 atom stereocenters. The van der Waals surface area contributed by atoms with Gasteiger partial charge in [-0.3, -0.25) is 0 Å². The summed E-state index contributed by atoms with van der Waals surface area (Å²) >= 11 is 0. The Labute approximate surface area is 161 Å². The normalized spacial score (nSPS) is 16.0. The third-order valence-corrected chi connectivity index (χ3v) is 5.19. The maximum Gasteiger partial charge on any atom is 0.141 e. The molecule has 0 radical (unpaired) electrons. The maximum absolute atomic E-state index is 5.74. The topological polar surface area (TPSA) is 104 Å². The van der Waals surface area contributed by atoms with Crippen LogP contribution < -0.4 is 10.1 Å². The van der Waals surface area contributed by atoms with Crippen LogP contribution in [0.2, 0.25) is 0 Å². The first kappa shape index (κ1) is 16.6. The fourth-order valence-corrected chi connectivity index (χ4v) is 3.98. The molecular weight excluding hydrogens is 356 g/mol. The van der Waals surface area contributed by atoms with Crippen molar-refractivity contribution in [3.63, 3.8) is 0 Å². The zero-order chi connectivity index (χ0) is 19.4. The van der Waals surface area contributed by atoms with Gasteiger partial charge in [-0.15, -0.1) is 0 Å². The first-order valence-electron chi connectivity index (χ1n) is 9.03. The highest BCUT2D eigenvalue weighted by molar-refractivity contribution is 5.98. The lowest BCUT2D eigenvalue weighted by Crippen LogP contribution is -2.30. The Morgan fingerprint density at radius 3 is 2.71 bits per heavy atom. The second kappa shape index (κ2) is 5.98. The Bertz CT molecular complexity index is 1200. The number of nitrogens with one attached hydrogen (secondary N) is 3. The molecule has 4 heterocycles. The number of H-pyrrole nitrogens is 2. The number of aryl methyl sites for hydroxylation is 2. The summed E-state index contributed by atoms with van der Waals surface area (Å²) in [5.41, 5.74) is 5.74. The smallest absolute Gasteiger partial charge is 0.141 e. The molecule has 3 aromatic heterocycles. The molecule has 0 spiro atoms. The summed E-state index contributed by atoms with van der Waals surface area (Å²) in [5.74, 6) is 3.20. The van der Waals surface area contributed by atoms with E-state index in [4.69, 9.17) is 9.26 Å². The Balaban J connectivity index is 1.78. The van der Waals surface area contributed by atoms with Crippen molar-refractivity contribution >= 4 is 22.6 Å². The van der Waals surface area contributed by atoms with E-state index < -0.39 is 0 Å². The Hall–Kier alpha value is -3.55. The molecular formula is C20H20N6O2. The lowest BCUT2D eigenvalue weighted by atomic mass is 9.97. The number of aromatic amines is 2. The number of benzene rings is 1. The van der Waals surface area contributed by atoms with Crippen LogP contribution in [0, 0.1) is 13.8 Å². The minimum absolute atomic E-state index is 0.0710. The molecule has 1 unspecified atom stereocenters. The molecule has 28 heavy (non-hydrogen) atoms. The number of nitrogens with zero attached hydrogens (tertiary/aromatic N) is 3. The molecule has 142 valence electrons. The molecule has 1 aliphatic rings. The number of hydrogen-bond donors (Lipinski definition) is 3. The fraction of sp³-hybridized carbons (Fsp3) is 0.250. The SMILES string of the molecule is COc1cc2c3c([nH]c2cc1-c1c(C)noc1C)N=C(C)NC3c1cnc[nH]1. The Kier molecular flexibility index (Phi) is 3.55. The van der Waals surface area contributed by atoms with Gasteiger partial charge < -0.3 is 24.5 Å². The van der Waals surface area contributed by atoms with Crippen LogP contribution in [-0.2, 0) is 0 Å². The van der Waals surface area contributed by atoms with E-state index in [0.29, 0.717) is 0 Å². The predicted octanol–water partition coefficient (Wildman–Crippen LogP) is 3.91. The summed E-state index contributed by atoms with van der Waals surface area (Å²) in [6.07, 6.45) is 3.51. The minimum atomic E-state index is -0.0710. The van der Waals surface area contributed by atoms with Crippen LogP contribution in [0.1, 0.15) is 35.7 Å². The van der Waals surface area contributed by atoms with Gasteiger partial charge in [0.15, 0.2) is 0 Å². The van der Waals surface area contributed by atoms with Gasteiger partial charge in [-0.25, -0.2) is 9.98 Å². The monoisotopic (exact) mass is 376 g/mol. The molecule has 0 aliphatic carbocycles. The fourth-order valence-electron chi connectivity index (χ4n) is 3.98. The van der Waals surface area contributed by atoms with Gasteiger partial charge in [0.1, 0.15) is 23.2 Å². The summed E-state index contributed by atoms with van der Waals surface area (Å²) in [6.45, 7) is 5.79.